The average Bonchev–Trinajstić information content (AvgIpc) is 3.14. The summed E-state index contributed by atoms with van der Waals surface area (Å²) in [5.74, 6) is 1.53. The van der Waals surface area contributed by atoms with Crippen LogP contribution in [0.15, 0.2) is 67.3 Å². The Labute approximate surface area is 140 Å². The standard InChI is InChI=1S/C18H18N4O2/c1-21(18(23)11-12-22-14-19-13-20-22)15-7-9-17(10-8-15)24-16-5-3-2-4-6-16/h2-10,13-14H,11-12H2,1H3. The summed E-state index contributed by atoms with van der Waals surface area (Å²) in [6.45, 7) is 0.512. The fourth-order valence-corrected chi connectivity index (χ4v) is 2.23. The number of carbonyl (C=O) groups excluding carboxylic acids is 1. The number of aryl methyl sites for hydroxylation is 1. The van der Waals surface area contributed by atoms with Crippen molar-refractivity contribution >= 4 is 11.6 Å². The Kier molecular flexibility index (Phi) is 4.86. The Morgan fingerprint density at radius 2 is 1.79 bits per heavy atom. The third-order valence-corrected chi connectivity index (χ3v) is 3.60. The van der Waals surface area contributed by atoms with Crippen LogP contribution in [0.1, 0.15) is 6.42 Å². The smallest absolute Gasteiger partial charge is 0.228 e. The van der Waals surface area contributed by atoms with Crippen molar-refractivity contribution in [1.29, 1.82) is 0 Å². The van der Waals surface area contributed by atoms with Crippen LogP contribution in [-0.2, 0) is 11.3 Å². The van der Waals surface area contributed by atoms with Gasteiger partial charge in [0.1, 0.15) is 24.2 Å². The van der Waals surface area contributed by atoms with Crippen LogP contribution in [0.25, 0.3) is 0 Å². The molecule has 0 aliphatic carbocycles. The van der Waals surface area contributed by atoms with Gasteiger partial charge in [-0.05, 0) is 36.4 Å². The molecule has 24 heavy (non-hydrogen) atoms. The van der Waals surface area contributed by atoms with Crippen molar-refractivity contribution in [3.63, 3.8) is 0 Å². The molecule has 0 aliphatic heterocycles. The summed E-state index contributed by atoms with van der Waals surface area (Å²) < 4.78 is 7.39. The van der Waals surface area contributed by atoms with Gasteiger partial charge in [-0.15, -0.1) is 0 Å². The summed E-state index contributed by atoms with van der Waals surface area (Å²) in [4.78, 5) is 17.7. The predicted octanol–water partition coefficient (Wildman–Crippen LogP) is 3.12. The maximum atomic E-state index is 12.2. The second-order valence-corrected chi connectivity index (χ2v) is 5.27. The summed E-state index contributed by atoms with van der Waals surface area (Å²) in [5, 5.41) is 3.99. The summed E-state index contributed by atoms with van der Waals surface area (Å²) in [5.41, 5.74) is 0.819. The van der Waals surface area contributed by atoms with E-state index in [1.807, 2.05) is 54.6 Å². The average molecular weight is 322 g/mol. The van der Waals surface area contributed by atoms with Crippen LogP contribution in [0.4, 0.5) is 5.69 Å². The second-order valence-electron chi connectivity index (χ2n) is 5.27. The molecule has 0 unspecified atom stereocenters. The number of nitrogens with zero attached hydrogens (tertiary/aromatic N) is 4. The molecule has 0 spiro atoms. The number of rotatable bonds is 6. The first-order valence-corrected chi connectivity index (χ1v) is 7.64. The number of aromatic nitrogens is 3. The molecule has 3 rings (SSSR count). The third kappa shape index (κ3) is 3.98. The van der Waals surface area contributed by atoms with Gasteiger partial charge < -0.3 is 9.64 Å². The van der Waals surface area contributed by atoms with Crippen molar-refractivity contribution in [2.75, 3.05) is 11.9 Å². The highest BCUT2D eigenvalue weighted by Gasteiger charge is 2.11. The fraction of sp³-hybridized carbons (Fsp3) is 0.167. The van der Waals surface area contributed by atoms with Gasteiger partial charge in [0.15, 0.2) is 0 Å². The molecule has 0 aliphatic rings. The van der Waals surface area contributed by atoms with Crippen LogP contribution in [0.5, 0.6) is 11.5 Å². The van der Waals surface area contributed by atoms with Crippen LogP contribution in [0.3, 0.4) is 0 Å². The van der Waals surface area contributed by atoms with Gasteiger partial charge in [-0.2, -0.15) is 5.10 Å². The van der Waals surface area contributed by atoms with Crippen molar-refractivity contribution in [2.45, 2.75) is 13.0 Å². The van der Waals surface area contributed by atoms with Crippen molar-refractivity contribution in [2.24, 2.45) is 0 Å². The Balaban J connectivity index is 1.58. The topological polar surface area (TPSA) is 60.2 Å². The number of ether oxygens (including phenoxy) is 1. The summed E-state index contributed by atoms with van der Waals surface area (Å²) in [6.07, 6.45) is 3.42. The van der Waals surface area contributed by atoms with Crippen LogP contribution in [0, 0.1) is 0 Å². The van der Waals surface area contributed by atoms with E-state index in [1.165, 1.54) is 6.33 Å². The normalized spacial score (nSPS) is 10.4. The Morgan fingerprint density at radius 1 is 1.08 bits per heavy atom. The number of hydrogen-bond donors (Lipinski definition) is 0. The molecule has 0 saturated carbocycles. The number of hydrogen-bond acceptors (Lipinski definition) is 4. The zero-order chi connectivity index (χ0) is 16.8. The Hall–Kier alpha value is -3.15. The minimum atomic E-state index is 0.0160. The summed E-state index contributed by atoms with van der Waals surface area (Å²) in [6, 6.07) is 17.0. The molecule has 1 aromatic heterocycles. The lowest BCUT2D eigenvalue weighted by molar-refractivity contribution is -0.118. The molecule has 2 aromatic carbocycles. The van der Waals surface area contributed by atoms with Crippen LogP contribution >= 0.6 is 0 Å². The molecule has 0 atom stereocenters. The molecule has 3 aromatic rings. The van der Waals surface area contributed by atoms with Gasteiger partial charge in [0, 0.05) is 19.2 Å². The van der Waals surface area contributed by atoms with Gasteiger partial charge >= 0.3 is 0 Å². The molecule has 0 fully saturated rings. The number of para-hydroxylation sites is 1. The summed E-state index contributed by atoms with van der Waals surface area (Å²) >= 11 is 0. The van der Waals surface area contributed by atoms with Crippen molar-refractivity contribution in [3.05, 3.63) is 67.3 Å². The van der Waals surface area contributed by atoms with E-state index in [1.54, 1.807) is 23.0 Å². The van der Waals surface area contributed by atoms with E-state index in [-0.39, 0.29) is 5.91 Å². The lowest BCUT2D eigenvalue weighted by Gasteiger charge is -2.17. The van der Waals surface area contributed by atoms with Gasteiger partial charge in [-0.3, -0.25) is 9.48 Å². The number of anilines is 1. The van der Waals surface area contributed by atoms with Crippen molar-refractivity contribution < 1.29 is 9.53 Å². The van der Waals surface area contributed by atoms with E-state index in [9.17, 15) is 4.79 Å². The van der Waals surface area contributed by atoms with Gasteiger partial charge in [-0.1, -0.05) is 18.2 Å². The molecule has 0 N–H and O–H groups in total. The largest absolute Gasteiger partial charge is 0.457 e. The van der Waals surface area contributed by atoms with Crippen LogP contribution in [-0.4, -0.2) is 27.7 Å². The van der Waals surface area contributed by atoms with Gasteiger partial charge in [-0.25, -0.2) is 4.98 Å². The molecule has 0 saturated heterocycles. The van der Waals surface area contributed by atoms with Gasteiger partial charge in [0.25, 0.3) is 0 Å². The van der Waals surface area contributed by atoms with Gasteiger partial charge in [0.2, 0.25) is 5.91 Å². The minimum absolute atomic E-state index is 0.0160. The zero-order valence-electron chi connectivity index (χ0n) is 13.4. The van der Waals surface area contributed by atoms with Crippen LogP contribution < -0.4 is 9.64 Å². The first kappa shape index (κ1) is 15.7. The van der Waals surface area contributed by atoms with E-state index < -0.39 is 0 Å². The molecule has 1 heterocycles. The molecular weight excluding hydrogens is 304 g/mol. The van der Waals surface area contributed by atoms with E-state index in [2.05, 4.69) is 10.1 Å². The molecule has 0 bridgehead atoms. The zero-order valence-corrected chi connectivity index (χ0v) is 13.4. The van der Waals surface area contributed by atoms with E-state index in [0.29, 0.717) is 13.0 Å². The van der Waals surface area contributed by atoms with Crippen molar-refractivity contribution in [1.82, 2.24) is 14.8 Å². The Bertz CT molecular complexity index is 771. The number of carbonyl (C=O) groups is 1. The number of benzene rings is 2. The Morgan fingerprint density at radius 3 is 2.46 bits per heavy atom. The second kappa shape index (κ2) is 7.41. The maximum absolute atomic E-state index is 12.2. The third-order valence-electron chi connectivity index (χ3n) is 3.60. The first-order chi connectivity index (χ1) is 11.7. The lowest BCUT2D eigenvalue weighted by Crippen LogP contribution is -2.27. The molecular formula is C18H18N4O2. The molecule has 0 radical (unpaired) electrons. The monoisotopic (exact) mass is 322 g/mol. The quantitative estimate of drug-likeness (QED) is 0.699. The lowest BCUT2D eigenvalue weighted by atomic mass is 10.2. The highest BCUT2D eigenvalue weighted by atomic mass is 16.5. The van der Waals surface area contributed by atoms with Crippen molar-refractivity contribution in [3.8, 4) is 11.5 Å². The molecule has 6 nitrogen and oxygen atoms in total. The fourth-order valence-electron chi connectivity index (χ4n) is 2.23. The first-order valence-electron chi connectivity index (χ1n) is 7.64. The van der Waals surface area contributed by atoms with E-state index in [4.69, 9.17) is 4.74 Å². The summed E-state index contributed by atoms with van der Waals surface area (Å²) in [7, 11) is 1.76. The van der Waals surface area contributed by atoms with Gasteiger partial charge in [0.05, 0.1) is 6.54 Å². The maximum Gasteiger partial charge on any atom is 0.228 e. The van der Waals surface area contributed by atoms with E-state index >= 15 is 0 Å². The number of amides is 1. The SMILES string of the molecule is CN(C(=O)CCn1cncn1)c1ccc(Oc2ccccc2)cc1. The molecule has 6 heteroatoms. The minimum Gasteiger partial charge on any atom is -0.457 e. The molecule has 122 valence electrons. The van der Waals surface area contributed by atoms with Crippen LogP contribution in [0.2, 0.25) is 0 Å². The van der Waals surface area contributed by atoms with E-state index in [0.717, 1.165) is 17.2 Å². The highest BCUT2D eigenvalue weighted by Crippen LogP contribution is 2.24. The molecule has 1 amide bonds. The highest BCUT2D eigenvalue weighted by molar-refractivity contribution is 5.92. The predicted molar refractivity (Wildman–Crippen MR) is 91.0 cm³/mol.